The summed E-state index contributed by atoms with van der Waals surface area (Å²) >= 11 is 1.55. The van der Waals surface area contributed by atoms with E-state index in [4.69, 9.17) is 0 Å². The molecule has 9 heteroatoms. The van der Waals surface area contributed by atoms with Crippen LogP contribution >= 0.6 is 11.8 Å². The summed E-state index contributed by atoms with van der Waals surface area (Å²) in [6.07, 6.45) is 0. The fourth-order valence-corrected chi connectivity index (χ4v) is 5.92. The number of carboxylic acid groups (broad SMARTS) is 1. The van der Waals surface area contributed by atoms with Crippen LogP contribution in [0.4, 0.5) is 0 Å². The summed E-state index contributed by atoms with van der Waals surface area (Å²) in [5, 5.41) is 14.5. The van der Waals surface area contributed by atoms with Crippen LogP contribution in [0.3, 0.4) is 0 Å². The number of hydrogen-bond donors (Lipinski definition) is 3. The number of benzene rings is 1. The molecule has 0 aliphatic carbocycles. The maximum absolute atomic E-state index is 13.5. The van der Waals surface area contributed by atoms with Crippen molar-refractivity contribution in [3.63, 3.8) is 0 Å². The van der Waals surface area contributed by atoms with E-state index in [1.165, 1.54) is 0 Å². The monoisotopic (exact) mass is 461 g/mol. The third-order valence-electron chi connectivity index (χ3n) is 6.02. The van der Waals surface area contributed by atoms with E-state index < -0.39 is 40.7 Å². The molecule has 3 N–H and O–H groups in total. The zero-order valence-corrected chi connectivity index (χ0v) is 20.0. The molecule has 2 aliphatic rings. The zero-order chi connectivity index (χ0) is 24.0. The first-order valence-corrected chi connectivity index (χ1v) is 11.7. The van der Waals surface area contributed by atoms with Crippen molar-refractivity contribution in [2.45, 2.75) is 69.8 Å². The van der Waals surface area contributed by atoms with Crippen LogP contribution in [0.5, 0.6) is 0 Å². The third kappa shape index (κ3) is 4.22. The van der Waals surface area contributed by atoms with Crippen molar-refractivity contribution in [2.75, 3.05) is 0 Å². The minimum Gasteiger partial charge on any atom is -0.480 e. The smallest absolute Gasteiger partial charge is 0.326 e. The van der Waals surface area contributed by atoms with Gasteiger partial charge in [0.05, 0.1) is 0 Å². The van der Waals surface area contributed by atoms with E-state index in [0.29, 0.717) is 5.56 Å². The molecule has 0 bridgehead atoms. The van der Waals surface area contributed by atoms with E-state index in [9.17, 15) is 24.3 Å². The van der Waals surface area contributed by atoms with Gasteiger partial charge in [-0.05, 0) is 37.3 Å². The van der Waals surface area contributed by atoms with Gasteiger partial charge in [0.2, 0.25) is 11.8 Å². The quantitative estimate of drug-likeness (QED) is 0.574. The number of nitrogens with one attached hydrogen (secondary N) is 2. The van der Waals surface area contributed by atoms with Gasteiger partial charge in [-0.2, -0.15) is 0 Å². The summed E-state index contributed by atoms with van der Waals surface area (Å²) in [4.78, 5) is 52.6. The highest BCUT2D eigenvalue weighted by molar-refractivity contribution is 8.01. The molecule has 32 heavy (non-hydrogen) atoms. The molecule has 2 aliphatic heterocycles. The number of carboxylic acids is 1. The van der Waals surface area contributed by atoms with E-state index in [0.717, 1.165) is 5.56 Å². The molecule has 1 unspecified atom stereocenters. The molecule has 2 heterocycles. The van der Waals surface area contributed by atoms with E-state index in [-0.39, 0.29) is 23.1 Å². The molecule has 0 spiro atoms. The van der Waals surface area contributed by atoms with Crippen LogP contribution in [0, 0.1) is 11.8 Å². The first-order chi connectivity index (χ1) is 14.9. The zero-order valence-electron chi connectivity index (χ0n) is 19.2. The Hall–Kier alpha value is -2.55. The molecule has 174 valence electrons. The Labute approximate surface area is 192 Å². The molecule has 1 aromatic carbocycles. The van der Waals surface area contributed by atoms with Gasteiger partial charge < -0.3 is 20.6 Å². The lowest BCUT2D eigenvalue weighted by Crippen LogP contribution is -2.60. The van der Waals surface area contributed by atoms with Crippen molar-refractivity contribution in [2.24, 2.45) is 11.8 Å². The van der Waals surface area contributed by atoms with Crippen LogP contribution in [0.1, 0.15) is 62.8 Å². The van der Waals surface area contributed by atoms with Crippen molar-refractivity contribution >= 4 is 35.5 Å². The summed E-state index contributed by atoms with van der Waals surface area (Å²) in [5.41, 5.74) is 1.49. The number of fused-ring (bicyclic) bond motifs is 3. The van der Waals surface area contributed by atoms with E-state index in [1.807, 2.05) is 26.0 Å². The largest absolute Gasteiger partial charge is 0.480 e. The summed E-state index contributed by atoms with van der Waals surface area (Å²) in [6, 6.07) is 4.59. The van der Waals surface area contributed by atoms with Gasteiger partial charge in [-0.3, -0.25) is 14.4 Å². The summed E-state index contributed by atoms with van der Waals surface area (Å²) in [5.74, 6) is -2.88. The highest BCUT2D eigenvalue weighted by Crippen LogP contribution is 2.56. The van der Waals surface area contributed by atoms with Gasteiger partial charge >= 0.3 is 5.97 Å². The lowest BCUT2D eigenvalue weighted by molar-refractivity contribution is -0.143. The van der Waals surface area contributed by atoms with E-state index in [2.05, 4.69) is 10.6 Å². The van der Waals surface area contributed by atoms with Crippen molar-refractivity contribution in [1.82, 2.24) is 15.5 Å². The Bertz CT molecular complexity index is 945. The lowest BCUT2D eigenvalue weighted by Gasteiger charge is -2.32. The first kappa shape index (κ1) is 24.1. The lowest BCUT2D eigenvalue weighted by atomic mass is 9.97. The second kappa shape index (κ2) is 8.77. The Kier molecular flexibility index (Phi) is 6.60. The number of amides is 3. The summed E-state index contributed by atoms with van der Waals surface area (Å²) < 4.78 is -0.572. The molecule has 8 nitrogen and oxygen atoms in total. The Morgan fingerprint density at radius 3 is 2.19 bits per heavy atom. The topological polar surface area (TPSA) is 116 Å². The number of hydrogen-bond acceptors (Lipinski definition) is 5. The maximum atomic E-state index is 13.5. The van der Waals surface area contributed by atoms with Crippen LogP contribution < -0.4 is 10.6 Å². The molecule has 0 saturated carbocycles. The fourth-order valence-electron chi connectivity index (χ4n) is 4.33. The van der Waals surface area contributed by atoms with Crippen molar-refractivity contribution < 1.29 is 24.3 Å². The summed E-state index contributed by atoms with van der Waals surface area (Å²) in [6.45, 7) is 10.8. The van der Waals surface area contributed by atoms with Gasteiger partial charge in [-0.1, -0.05) is 45.9 Å². The van der Waals surface area contributed by atoms with Crippen molar-refractivity contribution in [3.8, 4) is 0 Å². The predicted molar refractivity (Wildman–Crippen MR) is 122 cm³/mol. The molecule has 4 atom stereocenters. The average molecular weight is 462 g/mol. The van der Waals surface area contributed by atoms with Gasteiger partial charge in [-0.25, -0.2) is 4.79 Å². The van der Waals surface area contributed by atoms with Crippen molar-refractivity contribution in [3.05, 3.63) is 35.4 Å². The Morgan fingerprint density at radius 2 is 1.62 bits per heavy atom. The number of nitrogens with zero attached hydrogens (tertiary/aromatic N) is 1. The molecule has 0 aromatic heterocycles. The molecule has 3 rings (SSSR count). The normalized spacial score (nSPS) is 23.0. The van der Waals surface area contributed by atoms with Crippen LogP contribution in [0.25, 0.3) is 0 Å². The van der Waals surface area contributed by atoms with Gasteiger partial charge in [-0.15, -0.1) is 11.8 Å². The molecule has 1 fully saturated rings. The number of rotatable bonds is 7. The summed E-state index contributed by atoms with van der Waals surface area (Å²) in [7, 11) is 0. The second-order valence-corrected chi connectivity index (χ2v) is 11.3. The maximum Gasteiger partial charge on any atom is 0.326 e. The van der Waals surface area contributed by atoms with Gasteiger partial charge in [0.15, 0.2) is 0 Å². The number of thioether (sulfide) groups is 1. The standard InChI is InChI=1S/C23H31N3O5S/c1-11(2)15(18(27)25-16(12(3)4)22(30)31)24-19(28)17-23(5,6)32-21-14-10-8-7-9-13(14)20(29)26(17)21/h7-12,15-17,21H,1-6H3,(H,24,28)(H,25,27)(H,30,31)/t15-,16-,17+,21?/m0/s1. The second-order valence-electron chi connectivity index (χ2n) is 9.57. The fraction of sp³-hybridized carbons (Fsp3) is 0.565. The molecule has 1 saturated heterocycles. The van der Waals surface area contributed by atoms with Crippen LogP contribution in [-0.4, -0.2) is 56.6 Å². The van der Waals surface area contributed by atoms with Gasteiger partial charge in [0.25, 0.3) is 5.91 Å². The number of carbonyl (C=O) groups is 4. The van der Waals surface area contributed by atoms with Gasteiger partial charge in [0.1, 0.15) is 23.5 Å². The molecular weight excluding hydrogens is 430 g/mol. The Morgan fingerprint density at radius 1 is 1.03 bits per heavy atom. The highest BCUT2D eigenvalue weighted by atomic mass is 32.2. The van der Waals surface area contributed by atoms with Crippen LogP contribution in [0.15, 0.2) is 24.3 Å². The van der Waals surface area contributed by atoms with E-state index >= 15 is 0 Å². The molecule has 1 aromatic rings. The van der Waals surface area contributed by atoms with Crippen LogP contribution in [0.2, 0.25) is 0 Å². The predicted octanol–water partition coefficient (Wildman–Crippen LogP) is 2.40. The number of aliphatic carboxylic acids is 1. The molecule has 3 amide bonds. The third-order valence-corrected chi connectivity index (χ3v) is 7.56. The van der Waals surface area contributed by atoms with Crippen molar-refractivity contribution in [1.29, 1.82) is 0 Å². The molecular formula is C23H31N3O5S. The SMILES string of the molecule is CC(C)[C@H](NC(=O)[C@@H](NC(=O)[C@H]1N2C(=O)c3ccccc3C2SC1(C)C)C(C)C)C(=O)O. The Balaban J connectivity index is 1.83. The first-order valence-electron chi connectivity index (χ1n) is 10.8. The van der Waals surface area contributed by atoms with Crippen LogP contribution in [-0.2, 0) is 14.4 Å². The van der Waals surface area contributed by atoms with E-state index in [1.54, 1.807) is 56.5 Å². The highest BCUT2D eigenvalue weighted by Gasteiger charge is 2.57. The minimum absolute atomic E-state index is 0.194. The average Bonchev–Trinajstić information content (AvgIpc) is 3.12. The van der Waals surface area contributed by atoms with Gasteiger partial charge in [0, 0.05) is 10.3 Å². The number of carbonyl (C=O) groups excluding carboxylic acids is 3. The molecule has 0 radical (unpaired) electrons. The minimum atomic E-state index is -1.13.